The molecule has 9 heteroatoms. The molecule has 3 amide bonds. The van der Waals surface area contributed by atoms with E-state index in [-0.39, 0.29) is 29.5 Å². The Morgan fingerprint density at radius 1 is 1.21 bits per heavy atom. The Balaban J connectivity index is 1.68. The quantitative estimate of drug-likeness (QED) is 0.624. The van der Waals surface area contributed by atoms with Crippen molar-refractivity contribution in [2.75, 3.05) is 40.4 Å². The standard InChI is InChI=1S/C24H30N4O5/c1-16(29)28-9-10-33-21(15-28)7-8-26-23(30)18-13-19(27-22(14-18)24(31)25-2)11-17-5-4-6-20(12-17)32-3/h4-6,12-14,21H,7-11,15H2,1-3H3,(H,25,31)(H,26,30). The lowest BCUT2D eigenvalue weighted by molar-refractivity contribution is -0.136. The molecule has 0 radical (unpaired) electrons. The molecule has 1 saturated heterocycles. The van der Waals surface area contributed by atoms with E-state index in [4.69, 9.17) is 9.47 Å². The van der Waals surface area contributed by atoms with Crippen LogP contribution in [0.15, 0.2) is 36.4 Å². The second kappa shape index (κ2) is 11.4. The van der Waals surface area contributed by atoms with E-state index in [9.17, 15) is 14.4 Å². The minimum Gasteiger partial charge on any atom is -0.497 e. The number of hydrogen-bond acceptors (Lipinski definition) is 6. The first-order chi connectivity index (χ1) is 15.9. The molecule has 0 aliphatic carbocycles. The first kappa shape index (κ1) is 24.2. The molecule has 0 saturated carbocycles. The molecule has 1 atom stereocenters. The number of morpholine rings is 1. The molecule has 0 bridgehead atoms. The highest BCUT2D eigenvalue weighted by molar-refractivity contribution is 5.98. The number of methoxy groups -OCH3 is 1. The summed E-state index contributed by atoms with van der Waals surface area (Å²) in [5.74, 6) is 0.0840. The third kappa shape index (κ3) is 6.76. The molecule has 33 heavy (non-hydrogen) atoms. The molecule has 1 aromatic heterocycles. The predicted octanol–water partition coefficient (Wildman–Crippen LogP) is 1.41. The summed E-state index contributed by atoms with van der Waals surface area (Å²) in [5, 5.41) is 5.44. The van der Waals surface area contributed by atoms with Gasteiger partial charge in [0.05, 0.1) is 19.8 Å². The predicted molar refractivity (Wildman–Crippen MR) is 122 cm³/mol. The number of nitrogens with one attached hydrogen (secondary N) is 2. The van der Waals surface area contributed by atoms with Crippen molar-refractivity contribution in [2.24, 2.45) is 0 Å². The molecular weight excluding hydrogens is 424 g/mol. The molecule has 1 aromatic carbocycles. The summed E-state index contributed by atoms with van der Waals surface area (Å²) in [6.45, 7) is 3.53. The zero-order valence-corrected chi connectivity index (χ0v) is 19.2. The Morgan fingerprint density at radius 2 is 2.03 bits per heavy atom. The van der Waals surface area contributed by atoms with E-state index in [2.05, 4.69) is 15.6 Å². The van der Waals surface area contributed by atoms with Crippen molar-refractivity contribution >= 4 is 17.7 Å². The van der Waals surface area contributed by atoms with Crippen molar-refractivity contribution in [1.82, 2.24) is 20.5 Å². The maximum Gasteiger partial charge on any atom is 0.269 e. The molecule has 2 N–H and O–H groups in total. The van der Waals surface area contributed by atoms with Gasteiger partial charge in [-0.15, -0.1) is 0 Å². The molecule has 1 unspecified atom stereocenters. The number of rotatable bonds is 8. The molecule has 9 nitrogen and oxygen atoms in total. The van der Waals surface area contributed by atoms with Crippen LogP contribution in [0.25, 0.3) is 0 Å². The topological polar surface area (TPSA) is 110 Å². The Bertz CT molecular complexity index is 1010. The number of carbonyl (C=O) groups is 3. The van der Waals surface area contributed by atoms with E-state index < -0.39 is 0 Å². The fourth-order valence-corrected chi connectivity index (χ4v) is 3.67. The van der Waals surface area contributed by atoms with E-state index in [1.807, 2.05) is 24.3 Å². The summed E-state index contributed by atoms with van der Waals surface area (Å²) in [6.07, 6.45) is 0.907. The second-order valence-corrected chi connectivity index (χ2v) is 7.84. The number of ether oxygens (including phenoxy) is 2. The van der Waals surface area contributed by atoms with Crippen LogP contribution in [0, 0.1) is 0 Å². The average Bonchev–Trinajstić information content (AvgIpc) is 2.83. The first-order valence-electron chi connectivity index (χ1n) is 10.9. The molecule has 2 aromatic rings. The van der Waals surface area contributed by atoms with Crippen molar-refractivity contribution in [2.45, 2.75) is 25.9 Å². The number of amides is 3. The molecular formula is C24H30N4O5. The minimum absolute atomic E-state index is 0.0226. The molecule has 2 heterocycles. The third-order valence-corrected chi connectivity index (χ3v) is 5.46. The summed E-state index contributed by atoms with van der Waals surface area (Å²) in [6, 6.07) is 10.7. The molecule has 1 aliphatic rings. The van der Waals surface area contributed by atoms with Crippen LogP contribution in [-0.2, 0) is 16.0 Å². The normalized spacial score (nSPS) is 15.6. The van der Waals surface area contributed by atoms with Gasteiger partial charge < -0.3 is 25.0 Å². The average molecular weight is 455 g/mol. The fourth-order valence-electron chi connectivity index (χ4n) is 3.67. The monoisotopic (exact) mass is 454 g/mol. The molecule has 1 aliphatic heterocycles. The minimum atomic E-state index is -0.364. The summed E-state index contributed by atoms with van der Waals surface area (Å²) in [4.78, 5) is 42.8. The van der Waals surface area contributed by atoms with Crippen molar-refractivity contribution in [3.05, 3.63) is 58.9 Å². The van der Waals surface area contributed by atoms with Crippen LogP contribution in [0.4, 0.5) is 0 Å². The van der Waals surface area contributed by atoms with Gasteiger partial charge in [0.25, 0.3) is 11.8 Å². The molecule has 3 rings (SSSR count). The third-order valence-electron chi connectivity index (χ3n) is 5.46. The maximum atomic E-state index is 12.8. The van der Waals surface area contributed by atoms with Gasteiger partial charge in [0.2, 0.25) is 5.91 Å². The van der Waals surface area contributed by atoms with Gasteiger partial charge in [-0.1, -0.05) is 12.1 Å². The number of hydrogen-bond donors (Lipinski definition) is 2. The molecule has 1 fully saturated rings. The van der Waals surface area contributed by atoms with Gasteiger partial charge in [-0.3, -0.25) is 14.4 Å². The van der Waals surface area contributed by atoms with Crippen molar-refractivity contribution in [3.8, 4) is 5.75 Å². The van der Waals surface area contributed by atoms with Crippen LogP contribution in [0.2, 0.25) is 0 Å². The molecule has 176 valence electrons. The largest absolute Gasteiger partial charge is 0.497 e. The zero-order valence-electron chi connectivity index (χ0n) is 19.2. The van der Waals surface area contributed by atoms with Crippen molar-refractivity contribution < 1.29 is 23.9 Å². The summed E-state index contributed by atoms with van der Waals surface area (Å²) in [7, 11) is 3.12. The van der Waals surface area contributed by atoms with Gasteiger partial charge in [0.15, 0.2) is 0 Å². The van der Waals surface area contributed by atoms with Crippen LogP contribution in [-0.4, -0.2) is 74.1 Å². The van der Waals surface area contributed by atoms with Gasteiger partial charge in [-0.05, 0) is 36.2 Å². The number of benzene rings is 1. The van der Waals surface area contributed by atoms with Crippen LogP contribution >= 0.6 is 0 Å². The van der Waals surface area contributed by atoms with E-state index in [1.54, 1.807) is 25.0 Å². The number of nitrogens with zero attached hydrogens (tertiary/aromatic N) is 2. The van der Waals surface area contributed by atoms with E-state index in [1.165, 1.54) is 13.1 Å². The van der Waals surface area contributed by atoms with E-state index in [0.717, 1.165) is 11.3 Å². The van der Waals surface area contributed by atoms with Crippen LogP contribution < -0.4 is 15.4 Å². The van der Waals surface area contributed by atoms with Crippen LogP contribution in [0.5, 0.6) is 5.75 Å². The Morgan fingerprint density at radius 3 is 2.76 bits per heavy atom. The van der Waals surface area contributed by atoms with E-state index >= 15 is 0 Å². The first-order valence-corrected chi connectivity index (χ1v) is 10.9. The van der Waals surface area contributed by atoms with Gasteiger partial charge in [0.1, 0.15) is 11.4 Å². The number of pyridine rings is 1. The summed E-state index contributed by atoms with van der Waals surface area (Å²) >= 11 is 0. The van der Waals surface area contributed by atoms with Gasteiger partial charge in [-0.25, -0.2) is 4.98 Å². The van der Waals surface area contributed by atoms with Crippen LogP contribution in [0.3, 0.4) is 0 Å². The highest BCUT2D eigenvalue weighted by Crippen LogP contribution is 2.17. The second-order valence-electron chi connectivity index (χ2n) is 7.84. The highest BCUT2D eigenvalue weighted by atomic mass is 16.5. The summed E-state index contributed by atoms with van der Waals surface area (Å²) < 4.78 is 11.0. The lowest BCUT2D eigenvalue weighted by atomic mass is 10.1. The Hall–Kier alpha value is -3.46. The SMILES string of the molecule is CNC(=O)c1cc(C(=O)NCCC2CN(C(C)=O)CCO2)cc(Cc2cccc(OC)c2)n1. The van der Waals surface area contributed by atoms with Crippen molar-refractivity contribution in [1.29, 1.82) is 0 Å². The molecule has 0 spiro atoms. The van der Waals surface area contributed by atoms with Crippen molar-refractivity contribution in [3.63, 3.8) is 0 Å². The van der Waals surface area contributed by atoms with E-state index in [0.29, 0.717) is 50.3 Å². The zero-order chi connectivity index (χ0) is 23.8. The smallest absolute Gasteiger partial charge is 0.269 e. The lowest BCUT2D eigenvalue weighted by Gasteiger charge is -2.32. The fraction of sp³-hybridized carbons (Fsp3) is 0.417. The summed E-state index contributed by atoms with van der Waals surface area (Å²) in [5.41, 5.74) is 2.08. The van der Waals surface area contributed by atoms with Crippen LogP contribution in [0.1, 0.15) is 45.4 Å². The van der Waals surface area contributed by atoms with Gasteiger partial charge in [-0.2, -0.15) is 0 Å². The maximum absolute atomic E-state index is 12.8. The van der Waals surface area contributed by atoms with Gasteiger partial charge in [0, 0.05) is 51.3 Å². The lowest BCUT2D eigenvalue weighted by Crippen LogP contribution is -2.45. The van der Waals surface area contributed by atoms with Gasteiger partial charge >= 0.3 is 0 Å². The highest BCUT2D eigenvalue weighted by Gasteiger charge is 2.22. The Kier molecular flexibility index (Phi) is 8.37. The number of aromatic nitrogens is 1. The Labute approximate surface area is 193 Å². The number of carbonyl (C=O) groups excluding carboxylic acids is 3.